The molecular formula is C27H38ClN3O4S. The van der Waals surface area contributed by atoms with Crippen molar-refractivity contribution in [1.82, 2.24) is 10.2 Å². The van der Waals surface area contributed by atoms with Gasteiger partial charge in [0.2, 0.25) is 21.8 Å². The summed E-state index contributed by atoms with van der Waals surface area (Å²) in [5.41, 5.74) is 3.36. The summed E-state index contributed by atoms with van der Waals surface area (Å²) in [6, 6.07) is 12.1. The van der Waals surface area contributed by atoms with Crippen molar-refractivity contribution in [2.75, 3.05) is 17.1 Å². The number of aryl methyl sites for hydroxylation is 2. The van der Waals surface area contributed by atoms with Crippen molar-refractivity contribution >= 4 is 39.1 Å². The van der Waals surface area contributed by atoms with Crippen molar-refractivity contribution in [3.8, 4) is 0 Å². The highest BCUT2D eigenvalue weighted by Gasteiger charge is 2.27. The first-order valence-electron chi connectivity index (χ1n) is 12.2. The summed E-state index contributed by atoms with van der Waals surface area (Å²) in [7, 11) is -3.54. The van der Waals surface area contributed by atoms with E-state index in [-0.39, 0.29) is 37.4 Å². The molecule has 2 atom stereocenters. The summed E-state index contributed by atoms with van der Waals surface area (Å²) in [4.78, 5) is 27.7. The van der Waals surface area contributed by atoms with E-state index in [1.165, 1.54) is 10.6 Å². The van der Waals surface area contributed by atoms with Crippen LogP contribution in [0.5, 0.6) is 0 Å². The van der Waals surface area contributed by atoms with Crippen LogP contribution < -0.4 is 9.62 Å². The molecule has 0 radical (unpaired) electrons. The molecule has 0 saturated carbocycles. The fraction of sp³-hybridized carbons (Fsp3) is 0.481. The van der Waals surface area contributed by atoms with Gasteiger partial charge in [-0.2, -0.15) is 0 Å². The second-order valence-electron chi connectivity index (χ2n) is 9.43. The van der Waals surface area contributed by atoms with Gasteiger partial charge in [-0.25, -0.2) is 8.42 Å². The van der Waals surface area contributed by atoms with E-state index in [1.807, 2.05) is 58.0 Å². The molecule has 0 aliphatic carbocycles. The van der Waals surface area contributed by atoms with E-state index in [1.54, 1.807) is 24.0 Å². The van der Waals surface area contributed by atoms with Crippen LogP contribution in [0.25, 0.3) is 0 Å². The minimum atomic E-state index is -3.54. The van der Waals surface area contributed by atoms with Crippen LogP contribution in [0.4, 0.5) is 5.69 Å². The van der Waals surface area contributed by atoms with E-state index < -0.39 is 16.1 Å². The zero-order valence-electron chi connectivity index (χ0n) is 22.0. The van der Waals surface area contributed by atoms with Gasteiger partial charge in [0.25, 0.3) is 0 Å². The lowest BCUT2D eigenvalue weighted by molar-refractivity contribution is -0.140. The molecule has 9 heteroatoms. The van der Waals surface area contributed by atoms with E-state index in [0.29, 0.717) is 17.1 Å². The standard InChI is InChI=1S/C27H38ClN3O4S/c1-7-21(4)29-27(33)22(5)30(18-23-10-12-24(28)13-11-23)26(32)9-8-14-31(36(6,34)35)25-16-19(2)15-20(3)17-25/h10-13,15-17,21-22H,7-9,14,18H2,1-6H3,(H,29,33)/t21-,22-/m0/s1. The van der Waals surface area contributed by atoms with Crippen LogP contribution in [-0.4, -0.2) is 50.0 Å². The predicted molar refractivity (Wildman–Crippen MR) is 147 cm³/mol. The maximum Gasteiger partial charge on any atom is 0.242 e. The number of carbonyl (C=O) groups is 2. The molecule has 2 aromatic carbocycles. The number of halogens is 1. The molecule has 2 amide bonds. The lowest BCUT2D eigenvalue weighted by Crippen LogP contribution is -2.49. The fourth-order valence-electron chi connectivity index (χ4n) is 3.93. The molecule has 0 bridgehead atoms. The van der Waals surface area contributed by atoms with Gasteiger partial charge in [-0.1, -0.05) is 36.7 Å². The number of hydrogen-bond acceptors (Lipinski definition) is 4. The lowest BCUT2D eigenvalue weighted by Gasteiger charge is -2.30. The zero-order valence-corrected chi connectivity index (χ0v) is 23.6. The van der Waals surface area contributed by atoms with Gasteiger partial charge in [0.1, 0.15) is 6.04 Å². The van der Waals surface area contributed by atoms with Crippen LogP contribution in [0.2, 0.25) is 5.02 Å². The van der Waals surface area contributed by atoms with Gasteiger partial charge in [0.15, 0.2) is 0 Å². The second kappa shape index (κ2) is 13.1. The minimum absolute atomic E-state index is 0.00598. The predicted octanol–water partition coefficient (Wildman–Crippen LogP) is 4.84. The summed E-state index contributed by atoms with van der Waals surface area (Å²) in [5.74, 6) is -0.440. The molecule has 0 spiro atoms. The Morgan fingerprint density at radius 3 is 2.14 bits per heavy atom. The molecule has 0 fully saturated rings. The van der Waals surface area contributed by atoms with Crippen LogP contribution >= 0.6 is 11.6 Å². The summed E-state index contributed by atoms with van der Waals surface area (Å²) in [5, 5.41) is 3.53. The van der Waals surface area contributed by atoms with Gasteiger partial charge in [0, 0.05) is 30.6 Å². The summed E-state index contributed by atoms with van der Waals surface area (Å²) in [6.07, 6.45) is 2.37. The van der Waals surface area contributed by atoms with E-state index in [0.717, 1.165) is 23.1 Å². The largest absolute Gasteiger partial charge is 0.352 e. The smallest absolute Gasteiger partial charge is 0.242 e. The Morgan fingerprint density at radius 1 is 1.03 bits per heavy atom. The first-order chi connectivity index (χ1) is 16.8. The van der Waals surface area contributed by atoms with Crippen LogP contribution in [0.3, 0.4) is 0 Å². The van der Waals surface area contributed by atoms with Gasteiger partial charge in [-0.05, 0) is 81.5 Å². The number of sulfonamides is 1. The fourth-order valence-corrected chi connectivity index (χ4v) is 5.01. The normalized spacial score (nSPS) is 13.1. The van der Waals surface area contributed by atoms with Crippen molar-refractivity contribution in [3.05, 3.63) is 64.2 Å². The first-order valence-corrected chi connectivity index (χ1v) is 14.4. The number of carbonyl (C=O) groups excluding carboxylic acids is 2. The zero-order chi connectivity index (χ0) is 27.0. The summed E-state index contributed by atoms with van der Waals surface area (Å²) < 4.78 is 26.4. The molecule has 1 N–H and O–H groups in total. The molecule has 0 saturated heterocycles. The van der Waals surface area contributed by atoms with Crippen LogP contribution in [0.15, 0.2) is 42.5 Å². The minimum Gasteiger partial charge on any atom is -0.352 e. The van der Waals surface area contributed by atoms with Gasteiger partial charge >= 0.3 is 0 Å². The molecule has 36 heavy (non-hydrogen) atoms. The highest BCUT2D eigenvalue weighted by Crippen LogP contribution is 2.22. The van der Waals surface area contributed by atoms with E-state index in [4.69, 9.17) is 11.6 Å². The SMILES string of the molecule is CC[C@H](C)NC(=O)[C@H](C)N(Cc1ccc(Cl)cc1)C(=O)CCCN(c1cc(C)cc(C)c1)S(C)(=O)=O. The molecule has 7 nitrogen and oxygen atoms in total. The Labute approximate surface area is 220 Å². The number of rotatable bonds is 12. The number of nitrogens with one attached hydrogen (secondary N) is 1. The first kappa shape index (κ1) is 29.6. The van der Waals surface area contributed by atoms with E-state index >= 15 is 0 Å². The van der Waals surface area contributed by atoms with Crippen LogP contribution in [-0.2, 0) is 26.2 Å². The van der Waals surface area contributed by atoms with Crippen LogP contribution in [0.1, 0.15) is 56.7 Å². The Hall–Kier alpha value is -2.58. The van der Waals surface area contributed by atoms with Crippen molar-refractivity contribution in [3.63, 3.8) is 0 Å². The second-order valence-corrected chi connectivity index (χ2v) is 11.8. The highest BCUT2D eigenvalue weighted by molar-refractivity contribution is 7.92. The molecule has 0 aliphatic rings. The molecule has 2 rings (SSSR count). The third-order valence-corrected chi connectivity index (χ3v) is 7.53. The number of nitrogens with zero attached hydrogens (tertiary/aromatic N) is 2. The molecular weight excluding hydrogens is 498 g/mol. The molecule has 2 aromatic rings. The quantitative estimate of drug-likeness (QED) is 0.421. The van der Waals surface area contributed by atoms with Crippen molar-refractivity contribution in [1.29, 1.82) is 0 Å². The molecule has 0 aromatic heterocycles. The summed E-state index contributed by atoms with van der Waals surface area (Å²) in [6.45, 7) is 9.86. The third kappa shape index (κ3) is 8.82. The topological polar surface area (TPSA) is 86.8 Å². The Bertz CT molecular complexity index is 1130. The number of hydrogen-bond donors (Lipinski definition) is 1. The third-order valence-electron chi connectivity index (χ3n) is 6.08. The van der Waals surface area contributed by atoms with E-state index in [9.17, 15) is 18.0 Å². The highest BCUT2D eigenvalue weighted by atomic mass is 35.5. The average molecular weight is 536 g/mol. The van der Waals surface area contributed by atoms with E-state index in [2.05, 4.69) is 5.32 Å². The van der Waals surface area contributed by atoms with Crippen molar-refractivity contribution < 1.29 is 18.0 Å². The number of benzene rings is 2. The molecule has 0 unspecified atom stereocenters. The molecule has 198 valence electrons. The number of anilines is 1. The maximum absolute atomic E-state index is 13.3. The molecule has 0 aliphatic heterocycles. The lowest BCUT2D eigenvalue weighted by atomic mass is 10.1. The van der Waals surface area contributed by atoms with Gasteiger partial charge in [-0.3, -0.25) is 13.9 Å². The Balaban J connectivity index is 2.19. The number of amides is 2. The molecule has 0 heterocycles. The van der Waals surface area contributed by atoms with Gasteiger partial charge in [-0.15, -0.1) is 0 Å². The maximum atomic E-state index is 13.3. The van der Waals surface area contributed by atoms with Gasteiger partial charge in [0.05, 0.1) is 11.9 Å². The average Bonchev–Trinajstić information content (AvgIpc) is 2.79. The van der Waals surface area contributed by atoms with Crippen molar-refractivity contribution in [2.45, 2.75) is 72.5 Å². The monoisotopic (exact) mass is 535 g/mol. The van der Waals surface area contributed by atoms with Gasteiger partial charge < -0.3 is 10.2 Å². The Morgan fingerprint density at radius 2 is 1.61 bits per heavy atom. The summed E-state index contributed by atoms with van der Waals surface area (Å²) >= 11 is 6.00. The van der Waals surface area contributed by atoms with Crippen LogP contribution in [0, 0.1) is 13.8 Å². The van der Waals surface area contributed by atoms with Crippen molar-refractivity contribution in [2.24, 2.45) is 0 Å². The Kier molecular flexibility index (Phi) is 10.8.